The molecule has 88 valence electrons. The van der Waals surface area contributed by atoms with Crippen molar-refractivity contribution >= 4 is 16.2 Å². The maximum atomic E-state index is 8.38. The molecule has 0 saturated carbocycles. The van der Waals surface area contributed by atoms with Crippen LogP contribution in [0.25, 0.3) is 0 Å². The van der Waals surface area contributed by atoms with Gasteiger partial charge in [0.1, 0.15) is 0 Å². The monoisotopic (exact) mass is 484 g/mol. The minimum atomic E-state index is 0.125. The van der Waals surface area contributed by atoms with Gasteiger partial charge in [-0.05, 0) is 0 Å². The molecule has 0 aromatic heterocycles. The van der Waals surface area contributed by atoms with Gasteiger partial charge in [-0.2, -0.15) is 0 Å². The first-order valence-corrected chi connectivity index (χ1v) is 5.38. The van der Waals surface area contributed by atoms with E-state index in [1.54, 1.807) is 15.9 Å². The molecule has 0 saturated heterocycles. The fraction of sp³-hybridized carbons (Fsp3) is 0. The molecule has 0 aromatic carbocycles. The molecule has 0 N–H and O–H groups in total. The van der Waals surface area contributed by atoms with E-state index >= 15 is 0 Å². The molecule has 0 spiro atoms. The Morgan fingerprint density at radius 2 is 1.07 bits per heavy atom. The quantitative estimate of drug-likeness (QED) is 0.383. The summed E-state index contributed by atoms with van der Waals surface area (Å²) < 4.78 is 56.7. The van der Waals surface area contributed by atoms with Crippen LogP contribution in [0.1, 0.15) is 0 Å². The molecule has 14 heavy (non-hydrogen) atoms. The molecule has 0 fully saturated rings. The molecule has 0 radical (unpaired) electrons. The summed E-state index contributed by atoms with van der Waals surface area (Å²) in [6.07, 6.45) is 0. The molecule has 7 nitrogen and oxygen atoms in total. The van der Waals surface area contributed by atoms with Gasteiger partial charge >= 0.3 is 140 Å². The second kappa shape index (κ2) is 581. The van der Waals surface area contributed by atoms with Gasteiger partial charge in [0, 0.05) is 0 Å². The van der Waals surface area contributed by atoms with Crippen molar-refractivity contribution in [2.24, 2.45) is 0 Å². The van der Waals surface area contributed by atoms with Gasteiger partial charge < -0.3 is 0 Å². The SMILES string of the molecule is [O]=[AlH].[O]=[Co].[O]=[Cr].[O]=[Fe].[O]=[Mn].[O]=[Ni].[O]=[Zn]. The van der Waals surface area contributed by atoms with E-state index in [4.69, 9.17) is 26.6 Å². The van der Waals surface area contributed by atoms with Gasteiger partial charge in [-0.3, -0.25) is 0 Å². The van der Waals surface area contributed by atoms with E-state index in [9.17, 15) is 0 Å². The van der Waals surface area contributed by atoms with Crippen molar-refractivity contribution in [1.82, 2.24) is 0 Å². The average Bonchev–Trinajstić information content (AvgIpc) is 2.45. The summed E-state index contributed by atoms with van der Waals surface area (Å²) in [7, 11) is 0. The summed E-state index contributed by atoms with van der Waals surface area (Å²) in [6.45, 7) is 0. The van der Waals surface area contributed by atoms with E-state index in [0.29, 0.717) is 16.2 Å². The van der Waals surface area contributed by atoms with Crippen LogP contribution in [0.2, 0.25) is 0 Å². The first kappa shape index (κ1) is 44.1. The van der Waals surface area contributed by atoms with Crippen molar-refractivity contribution < 1.29 is 124 Å². The minimum absolute atomic E-state index is 0.125. The standard InChI is InChI=1S/Al.Co.Cr.Fe.Mn.Ni.7O.Zn.H. The summed E-state index contributed by atoms with van der Waals surface area (Å²) in [6, 6.07) is 0. The molecule has 0 aromatic rings. The van der Waals surface area contributed by atoms with Crippen LogP contribution in [0, 0.1) is 0 Å². The normalized spacial score (nSPS) is 2.36. The molecule has 0 heterocycles. The van der Waals surface area contributed by atoms with Crippen molar-refractivity contribution in [2.75, 3.05) is 0 Å². The van der Waals surface area contributed by atoms with Gasteiger partial charge in [-0.1, -0.05) is 0 Å². The molecule has 0 rings (SSSR count). The van der Waals surface area contributed by atoms with Crippen molar-refractivity contribution in [3.8, 4) is 0 Å². The zero-order chi connectivity index (χ0) is 14.0. The van der Waals surface area contributed by atoms with Crippen LogP contribution in [0.3, 0.4) is 0 Å². The summed E-state index contributed by atoms with van der Waals surface area (Å²) in [5, 5.41) is 0. The molecule has 14 heteroatoms. The van der Waals surface area contributed by atoms with Gasteiger partial charge in [-0.15, -0.1) is 0 Å². The Balaban J connectivity index is -0.00000000817. The summed E-state index contributed by atoms with van der Waals surface area (Å²) >= 11 is 10.7. The summed E-state index contributed by atoms with van der Waals surface area (Å²) in [4.78, 5) is 0. The average molecular weight is 486 g/mol. The third-order valence-electron chi connectivity index (χ3n) is 0. The fourth-order valence-electron chi connectivity index (χ4n) is 0. The van der Waals surface area contributed by atoms with E-state index in [1.165, 1.54) is 16.2 Å². The van der Waals surface area contributed by atoms with Crippen LogP contribution in [0.4, 0.5) is 0 Å². The van der Waals surface area contributed by atoms with E-state index in [1.807, 2.05) is 15.9 Å². The molecule has 0 aliphatic heterocycles. The van der Waals surface area contributed by atoms with Crippen LogP contribution < -0.4 is 0 Å². The fourth-order valence-corrected chi connectivity index (χ4v) is 0. The predicted octanol–water partition coefficient (Wildman–Crippen LogP) is -1.50. The Morgan fingerprint density at radius 1 is 1.07 bits per heavy atom. The van der Waals surface area contributed by atoms with Crippen LogP contribution in [-0.2, 0) is 124 Å². The van der Waals surface area contributed by atoms with E-state index in [-0.39, 0.29) is 18.3 Å². The van der Waals surface area contributed by atoms with Crippen LogP contribution >= 0.6 is 0 Å². The van der Waals surface area contributed by atoms with Gasteiger partial charge in [0.15, 0.2) is 0 Å². The molecule has 0 amide bonds. The molecular weight excluding hydrogens is 485 g/mol. The zero-order valence-corrected chi connectivity index (χ0v) is 16.0. The Morgan fingerprint density at radius 3 is 1.07 bits per heavy atom. The topological polar surface area (TPSA) is 119 Å². The number of hydrogen-bond donors (Lipinski definition) is 0. The molecular formula is HAlCoCrFeMnNiO7Zn. The molecule has 0 aliphatic carbocycles. The second-order valence-electron chi connectivity index (χ2n) is 0. The third kappa shape index (κ3) is 470. The molecule has 0 unspecified atom stereocenters. The van der Waals surface area contributed by atoms with Crippen LogP contribution in [0.15, 0.2) is 0 Å². The van der Waals surface area contributed by atoms with E-state index in [2.05, 4.69) is 31.1 Å². The van der Waals surface area contributed by atoms with Crippen LogP contribution in [0.5, 0.6) is 0 Å². The Bertz CT molecular complexity index is 53.3. The van der Waals surface area contributed by atoms with E-state index in [0.717, 1.165) is 0 Å². The zero-order valence-electron chi connectivity index (χ0n) is 6.06. The van der Waals surface area contributed by atoms with Gasteiger partial charge in [0.05, 0.1) is 0 Å². The van der Waals surface area contributed by atoms with Gasteiger partial charge in [0.25, 0.3) is 0 Å². The maximum absolute atomic E-state index is 8.38. The summed E-state index contributed by atoms with van der Waals surface area (Å²) in [5.41, 5.74) is 0. The molecule has 0 bridgehead atoms. The Labute approximate surface area is 138 Å². The number of hydrogen-bond acceptors (Lipinski definition) is 7. The molecule has 0 atom stereocenters. The van der Waals surface area contributed by atoms with Crippen molar-refractivity contribution in [3.05, 3.63) is 0 Å². The van der Waals surface area contributed by atoms with Crippen LogP contribution in [-0.4, -0.2) is 16.2 Å². The third-order valence-corrected chi connectivity index (χ3v) is 0. The van der Waals surface area contributed by atoms with Crippen molar-refractivity contribution in [1.29, 1.82) is 0 Å². The first-order chi connectivity index (χ1) is 7.00. The number of rotatable bonds is 0. The van der Waals surface area contributed by atoms with Crippen molar-refractivity contribution in [2.45, 2.75) is 0 Å². The first-order valence-electron chi connectivity index (χ1n) is 1.31. The Hall–Kier alpha value is 2.33. The van der Waals surface area contributed by atoms with Gasteiger partial charge in [0.2, 0.25) is 0 Å². The summed E-state index contributed by atoms with van der Waals surface area (Å²) in [5.74, 6) is 0. The predicted molar refractivity (Wildman–Crippen MR) is 12.0 cm³/mol. The van der Waals surface area contributed by atoms with Gasteiger partial charge in [-0.25, -0.2) is 0 Å². The van der Waals surface area contributed by atoms with Crippen molar-refractivity contribution in [3.63, 3.8) is 0 Å². The van der Waals surface area contributed by atoms with E-state index < -0.39 is 0 Å². The Kier molecular flexibility index (Phi) is 1830. The second-order valence-corrected chi connectivity index (χ2v) is 0. The molecule has 0 aliphatic rings.